The van der Waals surface area contributed by atoms with E-state index < -0.39 is 0 Å². The van der Waals surface area contributed by atoms with Crippen molar-refractivity contribution in [3.05, 3.63) is 60.2 Å². The van der Waals surface area contributed by atoms with E-state index in [4.69, 9.17) is 4.74 Å². The van der Waals surface area contributed by atoms with Gasteiger partial charge in [-0.1, -0.05) is 43.2 Å². The van der Waals surface area contributed by atoms with Gasteiger partial charge in [0.15, 0.2) is 0 Å². The summed E-state index contributed by atoms with van der Waals surface area (Å²) in [6.45, 7) is 1.12. The summed E-state index contributed by atoms with van der Waals surface area (Å²) >= 11 is 0. The number of carbonyl (C=O) groups excluding carboxylic acids is 2. The molecule has 3 amide bonds. The van der Waals surface area contributed by atoms with Crippen molar-refractivity contribution < 1.29 is 14.3 Å². The summed E-state index contributed by atoms with van der Waals surface area (Å²) in [4.78, 5) is 27.7. The number of methoxy groups -OCH3 is 1. The second-order valence-corrected chi connectivity index (χ2v) is 8.59. The fourth-order valence-electron chi connectivity index (χ4n) is 4.81. The standard InChI is InChI=1S/C25H31N3O3/c1-31-22-13-11-20(12-14-22)25(15-5-6-16-25)27-23(29)19-8-7-17-28(18-19)24(30)26-21-9-3-2-4-10-21/h2-4,9-14,19H,5-8,15-18H2,1H3,(H,26,30)(H,27,29). The molecule has 1 unspecified atom stereocenters. The van der Waals surface area contributed by atoms with Crippen LogP contribution in [-0.4, -0.2) is 37.0 Å². The highest BCUT2D eigenvalue weighted by atomic mass is 16.5. The number of para-hydroxylation sites is 1. The summed E-state index contributed by atoms with van der Waals surface area (Å²) in [5.41, 5.74) is 1.58. The lowest BCUT2D eigenvalue weighted by Gasteiger charge is -2.36. The number of hydrogen-bond acceptors (Lipinski definition) is 3. The molecule has 164 valence electrons. The normalized spacial score (nSPS) is 20.2. The zero-order valence-electron chi connectivity index (χ0n) is 18.1. The van der Waals surface area contributed by atoms with Crippen molar-refractivity contribution in [2.45, 2.75) is 44.1 Å². The minimum absolute atomic E-state index is 0.0509. The maximum Gasteiger partial charge on any atom is 0.321 e. The van der Waals surface area contributed by atoms with Gasteiger partial charge >= 0.3 is 6.03 Å². The van der Waals surface area contributed by atoms with Crippen molar-refractivity contribution in [3.63, 3.8) is 0 Å². The Bertz CT molecular complexity index is 892. The van der Waals surface area contributed by atoms with Crippen molar-refractivity contribution in [1.29, 1.82) is 0 Å². The summed E-state index contributed by atoms with van der Waals surface area (Å²) in [6, 6.07) is 17.3. The van der Waals surface area contributed by atoms with Crippen LogP contribution in [0, 0.1) is 5.92 Å². The molecular weight excluding hydrogens is 390 g/mol. The highest BCUT2D eigenvalue weighted by Crippen LogP contribution is 2.39. The third-order valence-corrected chi connectivity index (χ3v) is 6.57. The monoisotopic (exact) mass is 421 g/mol. The molecule has 2 aliphatic rings. The second kappa shape index (κ2) is 9.41. The van der Waals surface area contributed by atoms with E-state index in [0.29, 0.717) is 13.1 Å². The molecule has 0 radical (unpaired) electrons. The van der Waals surface area contributed by atoms with Crippen molar-refractivity contribution in [1.82, 2.24) is 10.2 Å². The lowest BCUT2D eigenvalue weighted by Crippen LogP contribution is -2.51. The molecule has 31 heavy (non-hydrogen) atoms. The van der Waals surface area contributed by atoms with Crippen LogP contribution in [0.15, 0.2) is 54.6 Å². The van der Waals surface area contributed by atoms with Gasteiger partial charge in [-0.05, 0) is 55.5 Å². The molecule has 0 aromatic heterocycles. The van der Waals surface area contributed by atoms with E-state index in [1.165, 1.54) is 0 Å². The number of carbonyl (C=O) groups is 2. The Kier molecular flexibility index (Phi) is 6.44. The van der Waals surface area contributed by atoms with Crippen LogP contribution in [0.1, 0.15) is 44.1 Å². The zero-order chi connectivity index (χ0) is 21.7. The summed E-state index contributed by atoms with van der Waals surface area (Å²) in [5, 5.41) is 6.32. The van der Waals surface area contributed by atoms with Gasteiger partial charge in [0.1, 0.15) is 5.75 Å². The summed E-state index contributed by atoms with van der Waals surface area (Å²) < 4.78 is 5.29. The Balaban J connectivity index is 1.42. The molecule has 0 bridgehead atoms. The van der Waals surface area contributed by atoms with E-state index in [0.717, 1.165) is 55.5 Å². The number of likely N-dealkylation sites (tertiary alicyclic amines) is 1. The highest BCUT2D eigenvalue weighted by molar-refractivity contribution is 5.90. The van der Waals surface area contributed by atoms with Gasteiger partial charge in [-0.2, -0.15) is 0 Å². The predicted molar refractivity (Wildman–Crippen MR) is 121 cm³/mol. The number of benzene rings is 2. The smallest absolute Gasteiger partial charge is 0.321 e. The quantitative estimate of drug-likeness (QED) is 0.745. The summed E-state index contributed by atoms with van der Waals surface area (Å²) in [7, 11) is 1.66. The first-order chi connectivity index (χ1) is 15.1. The van der Waals surface area contributed by atoms with Crippen LogP contribution in [0.3, 0.4) is 0 Å². The number of rotatable bonds is 5. The van der Waals surface area contributed by atoms with E-state index in [2.05, 4.69) is 22.8 Å². The SMILES string of the molecule is COc1ccc(C2(NC(=O)C3CCCN(C(=O)Nc4ccccc4)C3)CCCC2)cc1. The highest BCUT2D eigenvalue weighted by Gasteiger charge is 2.39. The summed E-state index contributed by atoms with van der Waals surface area (Å²) in [6.07, 6.45) is 5.71. The first kappa shape index (κ1) is 21.2. The van der Waals surface area contributed by atoms with E-state index >= 15 is 0 Å². The van der Waals surface area contributed by atoms with E-state index in [1.807, 2.05) is 42.5 Å². The van der Waals surface area contributed by atoms with E-state index in [9.17, 15) is 9.59 Å². The maximum absolute atomic E-state index is 13.3. The molecule has 6 heteroatoms. The van der Waals surface area contributed by atoms with Gasteiger partial charge in [0.05, 0.1) is 18.6 Å². The third-order valence-electron chi connectivity index (χ3n) is 6.57. The largest absolute Gasteiger partial charge is 0.497 e. The van der Waals surface area contributed by atoms with Crippen molar-refractivity contribution in [2.75, 3.05) is 25.5 Å². The van der Waals surface area contributed by atoms with Crippen LogP contribution in [0.5, 0.6) is 5.75 Å². The average Bonchev–Trinajstić information content (AvgIpc) is 3.29. The van der Waals surface area contributed by atoms with Crippen molar-refractivity contribution in [3.8, 4) is 5.75 Å². The fraction of sp³-hybridized carbons (Fsp3) is 0.440. The molecular formula is C25H31N3O3. The Morgan fingerprint density at radius 3 is 2.39 bits per heavy atom. The Hall–Kier alpha value is -3.02. The summed E-state index contributed by atoms with van der Waals surface area (Å²) in [5.74, 6) is 0.677. The average molecular weight is 422 g/mol. The number of hydrogen-bond donors (Lipinski definition) is 2. The molecule has 1 heterocycles. The minimum atomic E-state index is -0.321. The molecule has 1 atom stereocenters. The molecule has 2 aromatic carbocycles. The van der Waals surface area contributed by atoms with Gasteiger partial charge in [-0.3, -0.25) is 4.79 Å². The molecule has 4 rings (SSSR count). The molecule has 1 aliphatic heterocycles. The van der Waals surface area contributed by atoms with Gasteiger partial charge in [-0.25, -0.2) is 4.79 Å². The van der Waals surface area contributed by atoms with Gasteiger partial charge in [0.25, 0.3) is 0 Å². The molecule has 1 saturated heterocycles. The van der Waals surface area contributed by atoms with Crippen LogP contribution in [-0.2, 0) is 10.3 Å². The predicted octanol–water partition coefficient (Wildman–Crippen LogP) is 4.52. The third kappa shape index (κ3) is 4.84. The van der Waals surface area contributed by atoms with Crippen LogP contribution in [0.25, 0.3) is 0 Å². The fourth-order valence-corrected chi connectivity index (χ4v) is 4.81. The minimum Gasteiger partial charge on any atom is -0.497 e. The Labute approximate surface area is 184 Å². The lowest BCUT2D eigenvalue weighted by molar-refractivity contribution is -0.128. The topological polar surface area (TPSA) is 70.7 Å². The number of anilines is 1. The van der Waals surface area contributed by atoms with Gasteiger partial charge in [-0.15, -0.1) is 0 Å². The Morgan fingerprint density at radius 2 is 1.71 bits per heavy atom. The second-order valence-electron chi connectivity index (χ2n) is 8.59. The molecule has 2 fully saturated rings. The number of amides is 3. The van der Waals surface area contributed by atoms with Crippen molar-refractivity contribution in [2.24, 2.45) is 5.92 Å². The van der Waals surface area contributed by atoms with Crippen LogP contribution in [0.2, 0.25) is 0 Å². The first-order valence-electron chi connectivity index (χ1n) is 11.2. The van der Waals surface area contributed by atoms with Gasteiger partial charge < -0.3 is 20.3 Å². The van der Waals surface area contributed by atoms with Gasteiger partial charge in [0, 0.05) is 18.8 Å². The zero-order valence-corrected chi connectivity index (χ0v) is 18.1. The van der Waals surface area contributed by atoms with E-state index in [-0.39, 0.29) is 23.4 Å². The van der Waals surface area contributed by atoms with Crippen LogP contribution >= 0.6 is 0 Å². The molecule has 6 nitrogen and oxygen atoms in total. The van der Waals surface area contributed by atoms with Crippen LogP contribution in [0.4, 0.5) is 10.5 Å². The molecule has 1 aliphatic carbocycles. The number of nitrogens with one attached hydrogen (secondary N) is 2. The van der Waals surface area contributed by atoms with Crippen molar-refractivity contribution >= 4 is 17.6 Å². The maximum atomic E-state index is 13.3. The number of piperidine rings is 1. The molecule has 0 spiro atoms. The molecule has 2 N–H and O–H groups in total. The number of ether oxygens (including phenoxy) is 1. The first-order valence-corrected chi connectivity index (χ1v) is 11.2. The number of urea groups is 1. The van der Waals surface area contributed by atoms with Crippen LogP contribution < -0.4 is 15.4 Å². The lowest BCUT2D eigenvalue weighted by atomic mass is 9.86. The Morgan fingerprint density at radius 1 is 1.00 bits per heavy atom. The van der Waals surface area contributed by atoms with E-state index in [1.54, 1.807) is 12.0 Å². The molecule has 2 aromatic rings. The molecule has 1 saturated carbocycles. The van der Waals surface area contributed by atoms with Gasteiger partial charge in [0.2, 0.25) is 5.91 Å². The number of nitrogens with zero attached hydrogens (tertiary/aromatic N) is 1.